The highest BCUT2D eigenvalue weighted by atomic mass is 16.5. The standard InChI is InChI=1S/C21H30N4O2/c1-5-22-21(24-10-6-12-26-4)25-15-18-9-11-23-20(14-18)27-19-8-7-16(2)17(3)13-19/h7-9,11,13-14H,5-6,10,12,15H2,1-4H3,(H2,22,24,25). The summed E-state index contributed by atoms with van der Waals surface area (Å²) >= 11 is 0. The largest absolute Gasteiger partial charge is 0.439 e. The highest BCUT2D eigenvalue weighted by Crippen LogP contribution is 2.22. The highest BCUT2D eigenvalue weighted by molar-refractivity contribution is 5.79. The van der Waals surface area contributed by atoms with Gasteiger partial charge in [-0.1, -0.05) is 6.07 Å². The molecular formula is C21H30N4O2. The van der Waals surface area contributed by atoms with Crippen molar-refractivity contribution in [2.45, 2.75) is 33.7 Å². The van der Waals surface area contributed by atoms with E-state index in [2.05, 4.69) is 40.5 Å². The van der Waals surface area contributed by atoms with Crippen molar-refractivity contribution in [3.8, 4) is 11.6 Å². The number of nitrogens with zero attached hydrogens (tertiary/aromatic N) is 2. The zero-order valence-electron chi connectivity index (χ0n) is 16.7. The molecule has 2 aromatic rings. The van der Waals surface area contributed by atoms with Crippen LogP contribution < -0.4 is 15.4 Å². The Morgan fingerprint density at radius 3 is 2.70 bits per heavy atom. The molecule has 0 atom stereocenters. The monoisotopic (exact) mass is 370 g/mol. The number of hydrogen-bond acceptors (Lipinski definition) is 4. The number of guanidine groups is 1. The van der Waals surface area contributed by atoms with Crippen molar-refractivity contribution in [3.05, 3.63) is 53.2 Å². The van der Waals surface area contributed by atoms with Crippen molar-refractivity contribution in [1.82, 2.24) is 15.6 Å². The molecule has 0 saturated carbocycles. The van der Waals surface area contributed by atoms with Gasteiger partial charge in [-0.3, -0.25) is 0 Å². The quantitative estimate of drug-likeness (QED) is 0.401. The van der Waals surface area contributed by atoms with E-state index in [-0.39, 0.29) is 0 Å². The summed E-state index contributed by atoms with van der Waals surface area (Å²) in [6.45, 7) is 9.12. The van der Waals surface area contributed by atoms with E-state index in [9.17, 15) is 0 Å². The molecule has 0 amide bonds. The van der Waals surface area contributed by atoms with Crippen molar-refractivity contribution in [2.24, 2.45) is 4.99 Å². The first-order valence-electron chi connectivity index (χ1n) is 9.33. The van der Waals surface area contributed by atoms with Gasteiger partial charge in [-0.2, -0.15) is 0 Å². The normalized spacial score (nSPS) is 11.3. The molecule has 1 aromatic carbocycles. The van der Waals surface area contributed by atoms with E-state index in [1.807, 2.05) is 31.2 Å². The molecule has 0 aliphatic rings. The van der Waals surface area contributed by atoms with Crippen LogP contribution in [0.25, 0.3) is 0 Å². The Morgan fingerprint density at radius 1 is 1.11 bits per heavy atom. The molecule has 0 bridgehead atoms. The van der Waals surface area contributed by atoms with Crippen molar-refractivity contribution < 1.29 is 9.47 Å². The topological polar surface area (TPSA) is 67.8 Å². The van der Waals surface area contributed by atoms with Gasteiger partial charge in [0.15, 0.2) is 5.96 Å². The maximum Gasteiger partial charge on any atom is 0.219 e. The predicted molar refractivity (Wildman–Crippen MR) is 110 cm³/mol. The first-order valence-corrected chi connectivity index (χ1v) is 9.33. The zero-order valence-corrected chi connectivity index (χ0v) is 16.7. The molecule has 0 radical (unpaired) electrons. The SMILES string of the molecule is CCNC(=NCc1ccnc(Oc2ccc(C)c(C)c2)c1)NCCCOC. The van der Waals surface area contributed by atoms with E-state index >= 15 is 0 Å². The molecule has 0 fully saturated rings. The van der Waals surface area contributed by atoms with Crippen molar-refractivity contribution in [3.63, 3.8) is 0 Å². The fourth-order valence-electron chi connectivity index (χ4n) is 2.44. The smallest absolute Gasteiger partial charge is 0.219 e. The van der Waals surface area contributed by atoms with Gasteiger partial charge in [0.1, 0.15) is 5.75 Å². The molecule has 6 nitrogen and oxygen atoms in total. The van der Waals surface area contributed by atoms with Gasteiger partial charge >= 0.3 is 0 Å². The lowest BCUT2D eigenvalue weighted by Crippen LogP contribution is -2.38. The highest BCUT2D eigenvalue weighted by Gasteiger charge is 2.03. The summed E-state index contributed by atoms with van der Waals surface area (Å²) in [4.78, 5) is 8.93. The van der Waals surface area contributed by atoms with Crippen LogP contribution in [-0.4, -0.2) is 37.7 Å². The van der Waals surface area contributed by atoms with Gasteiger partial charge in [-0.05, 0) is 62.1 Å². The maximum atomic E-state index is 5.90. The van der Waals surface area contributed by atoms with Crippen LogP contribution in [0.1, 0.15) is 30.0 Å². The molecule has 146 valence electrons. The van der Waals surface area contributed by atoms with Gasteiger partial charge in [-0.15, -0.1) is 0 Å². The summed E-state index contributed by atoms with van der Waals surface area (Å²) < 4.78 is 11.0. The third-order valence-electron chi connectivity index (χ3n) is 4.08. The molecule has 0 saturated heterocycles. The lowest BCUT2D eigenvalue weighted by molar-refractivity contribution is 0.195. The van der Waals surface area contributed by atoms with Crippen LogP contribution in [0.5, 0.6) is 11.6 Å². The molecule has 2 rings (SSSR count). The van der Waals surface area contributed by atoms with Gasteiger partial charge < -0.3 is 20.1 Å². The maximum absolute atomic E-state index is 5.90. The van der Waals surface area contributed by atoms with Crippen LogP contribution in [0, 0.1) is 13.8 Å². The van der Waals surface area contributed by atoms with E-state index in [1.54, 1.807) is 13.3 Å². The average Bonchev–Trinajstić information content (AvgIpc) is 2.66. The number of nitrogens with one attached hydrogen (secondary N) is 2. The second-order valence-corrected chi connectivity index (χ2v) is 6.32. The van der Waals surface area contributed by atoms with E-state index in [4.69, 9.17) is 9.47 Å². The molecule has 0 aliphatic heterocycles. The first-order chi connectivity index (χ1) is 13.1. The molecular weight excluding hydrogens is 340 g/mol. The second kappa shape index (κ2) is 11.2. The Bertz CT molecular complexity index is 747. The first kappa shape index (κ1) is 20.7. The fourth-order valence-corrected chi connectivity index (χ4v) is 2.44. The minimum atomic E-state index is 0.547. The van der Waals surface area contributed by atoms with Gasteiger partial charge in [0.25, 0.3) is 0 Å². The Balaban J connectivity index is 1.99. The van der Waals surface area contributed by atoms with Crippen LogP contribution in [0.4, 0.5) is 0 Å². The summed E-state index contributed by atoms with van der Waals surface area (Å²) in [6, 6.07) is 9.91. The summed E-state index contributed by atoms with van der Waals surface area (Å²) in [5.41, 5.74) is 3.48. The number of aromatic nitrogens is 1. The zero-order chi connectivity index (χ0) is 19.5. The van der Waals surface area contributed by atoms with Crippen LogP contribution in [0.15, 0.2) is 41.5 Å². The van der Waals surface area contributed by atoms with Crippen molar-refractivity contribution >= 4 is 5.96 Å². The molecule has 0 aliphatic carbocycles. The third-order valence-corrected chi connectivity index (χ3v) is 4.08. The second-order valence-electron chi connectivity index (χ2n) is 6.32. The fraction of sp³-hybridized carbons (Fsp3) is 0.429. The van der Waals surface area contributed by atoms with E-state index in [0.29, 0.717) is 12.4 Å². The van der Waals surface area contributed by atoms with E-state index in [0.717, 1.165) is 43.4 Å². The Labute approximate surface area is 162 Å². The third kappa shape index (κ3) is 7.27. The van der Waals surface area contributed by atoms with E-state index < -0.39 is 0 Å². The number of rotatable bonds is 9. The number of aryl methyl sites for hydroxylation is 2. The summed E-state index contributed by atoms with van der Waals surface area (Å²) in [6.07, 6.45) is 2.68. The lowest BCUT2D eigenvalue weighted by Gasteiger charge is -2.11. The Hall–Kier alpha value is -2.60. The average molecular weight is 370 g/mol. The number of hydrogen-bond donors (Lipinski definition) is 2. The molecule has 1 heterocycles. The molecule has 1 aromatic heterocycles. The number of methoxy groups -OCH3 is 1. The lowest BCUT2D eigenvalue weighted by atomic mass is 10.1. The van der Waals surface area contributed by atoms with Crippen molar-refractivity contribution in [2.75, 3.05) is 26.8 Å². The number of pyridine rings is 1. The van der Waals surface area contributed by atoms with Crippen LogP contribution >= 0.6 is 0 Å². The summed E-state index contributed by atoms with van der Waals surface area (Å²) in [5.74, 6) is 2.16. The Morgan fingerprint density at radius 2 is 1.96 bits per heavy atom. The molecule has 0 spiro atoms. The van der Waals surface area contributed by atoms with Crippen LogP contribution in [0.2, 0.25) is 0 Å². The Kier molecular flexibility index (Phi) is 8.58. The molecule has 27 heavy (non-hydrogen) atoms. The predicted octanol–water partition coefficient (Wildman–Crippen LogP) is 3.58. The van der Waals surface area contributed by atoms with Gasteiger partial charge in [0, 0.05) is 39.1 Å². The van der Waals surface area contributed by atoms with Crippen LogP contribution in [0.3, 0.4) is 0 Å². The van der Waals surface area contributed by atoms with Crippen LogP contribution in [-0.2, 0) is 11.3 Å². The van der Waals surface area contributed by atoms with Gasteiger partial charge in [-0.25, -0.2) is 9.98 Å². The minimum Gasteiger partial charge on any atom is -0.439 e. The molecule has 2 N–H and O–H groups in total. The van der Waals surface area contributed by atoms with Gasteiger partial charge in [0.05, 0.1) is 6.54 Å². The minimum absolute atomic E-state index is 0.547. The van der Waals surface area contributed by atoms with E-state index in [1.165, 1.54) is 11.1 Å². The van der Waals surface area contributed by atoms with Gasteiger partial charge in [0.2, 0.25) is 5.88 Å². The number of ether oxygens (including phenoxy) is 2. The summed E-state index contributed by atoms with van der Waals surface area (Å²) in [5, 5.41) is 6.55. The molecule has 0 unspecified atom stereocenters. The number of aliphatic imine (C=N–C) groups is 1. The summed E-state index contributed by atoms with van der Waals surface area (Å²) in [7, 11) is 1.71. The van der Waals surface area contributed by atoms with Crippen molar-refractivity contribution in [1.29, 1.82) is 0 Å². The molecule has 6 heteroatoms. The number of benzene rings is 1.